The molecule has 0 aromatic heterocycles. The summed E-state index contributed by atoms with van der Waals surface area (Å²) < 4.78 is 20.6. The maximum Gasteiger partial charge on any atom is 0.373 e. The lowest BCUT2D eigenvalue weighted by Gasteiger charge is -2.25. The van der Waals surface area contributed by atoms with Crippen molar-refractivity contribution in [1.82, 2.24) is 0 Å². The highest BCUT2D eigenvalue weighted by Crippen LogP contribution is 2.43. The molecule has 0 unspecified atom stereocenters. The summed E-state index contributed by atoms with van der Waals surface area (Å²) in [6, 6.07) is 20.9. The maximum absolute atomic E-state index is 14.7. The fraction of sp³-hybridized carbons (Fsp3) is 0.433. The zero-order valence-corrected chi connectivity index (χ0v) is 20.6. The van der Waals surface area contributed by atoms with Crippen LogP contribution in [0.2, 0.25) is 0 Å². The molecule has 3 atom stereocenters. The molecule has 4 rings (SSSR count). The first-order valence-corrected chi connectivity index (χ1v) is 12.2. The SMILES string of the molecule is CCC(C)(C)Oc1ccc([C@@H]2CC[C@H](C[C@H](C)c3cccc4ccccc34)C2)cc1F.O=C=O. The van der Waals surface area contributed by atoms with Gasteiger partial charge in [-0.15, -0.1) is 0 Å². The fourth-order valence-electron chi connectivity index (χ4n) is 5.12. The van der Waals surface area contributed by atoms with E-state index in [1.54, 1.807) is 6.07 Å². The minimum absolute atomic E-state index is 0.230. The maximum atomic E-state index is 14.7. The number of rotatable bonds is 7. The van der Waals surface area contributed by atoms with Crippen LogP contribution in [0.5, 0.6) is 5.75 Å². The molecule has 3 nitrogen and oxygen atoms in total. The Morgan fingerprint density at radius 1 is 1.06 bits per heavy atom. The van der Waals surface area contributed by atoms with Crippen molar-refractivity contribution in [2.75, 3.05) is 0 Å². The smallest absolute Gasteiger partial charge is 0.373 e. The molecule has 0 spiro atoms. The Bertz CT molecular complexity index is 1130. The van der Waals surface area contributed by atoms with Crippen LogP contribution in [0.25, 0.3) is 10.8 Å². The van der Waals surface area contributed by atoms with Crippen LogP contribution in [0.1, 0.15) is 82.8 Å². The van der Waals surface area contributed by atoms with E-state index in [2.05, 4.69) is 62.4 Å². The second-order valence-corrected chi connectivity index (χ2v) is 10.1. The van der Waals surface area contributed by atoms with Crippen LogP contribution in [0, 0.1) is 11.7 Å². The molecule has 1 saturated carbocycles. The molecule has 34 heavy (non-hydrogen) atoms. The molecule has 3 aromatic carbocycles. The molecule has 180 valence electrons. The van der Waals surface area contributed by atoms with Crippen LogP contribution in [0.4, 0.5) is 4.39 Å². The monoisotopic (exact) mass is 462 g/mol. The van der Waals surface area contributed by atoms with Gasteiger partial charge in [0.2, 0.25) is 0 Å². The van der Waals surface area contributed by atoms with Gasteiger partial charge in [-0.1, -0.05) is 62.4 Å². The van der Waals surface area contributed by atoms with E-state index in [4.69, 9.17) is 14.3 Å². The lowest BCUT2D eigenvalue weighted by molar-refractivity contribution is -0.191. The first-order chi connectivity index (χ1) is 16.3. The van der Waals surface area contributed by atoms with Gasteiger partial charge in [-0.2, -0.15) is 9.59 Å². The summed E-state index contributed by atoms with van der Waals surface area (Å²) >= 11 is 0. The molecule has 1 aliphatic carbocycles. The number of fused-ring (bicyclic) bond motifs is 1. The third-order valence-electron chi connectivity index (χ3n) is 7.25. The van der Waals surface area contributed by atoms with E-state index in [1.165, 1.54) is 29.2 Å². The van der Waals surface area contributed by atoms with Crippen molar-refractivity contribution in [1.29, 1.82) is 0 Å². The highest BCUT2D eigenvalue weighted by Gasteiger charge is 2.28. The van der Waals surface area contributed by atoms with E-state index in [9.17, 15) is 4.39 Å². The lowest BCUT2D eigenvalue weighted by atomic mass is 9.86. The number of hydrogen-bond acceptors (Lipinski definition) is 3. The van der Waals surface area contributed by atoms with Crippen molar-refractivity contribution in [2.24, 2.45) is 5.92 Å². The van der Waals surface area contributed by atoms with Gasteiger partial charge in [0.05, 0.1) is 0 Å². The van der Waals surface area contributed by atoms with E-state index in [0.29, 0.717) is 23.5 Å². The van der Waals surface area contributed by atoms with Gasteiger partial charge < -0.3 is 4.74 Å². The molecule has 0 N–H and O–H groups in total. The van der Waals surface area contributed by atoms with Crippen LogP contribution < -0.4 is 4.74 Å². The van der Waals surface area contributed by atoms with E-state index in [0.717, 1.165) is 24.8 Å². The van der Waals surface area contributed by atoms with Crippen LogP contribution in [0.15, 0.2) is 60.7 Å². The Kier molecular flexibility index (Phi) is 8.63. The van der Waals surface area contributed by atoms with Crippen LogP contribution >= 0.6 is 0 Å². The standard InChI is InChI=1S/C29H35FO.CO2/c1-5-29(3,4)31-28-16-15-24(19-27(28)30)23-14-13-21(18-23)17-20(2)25-12-8-10-22-9-6-7-11-26(22)25;2-1-3/h6-12,15-16,19-21,23H,5,13-14,17-18H2,1-4H3;/t20-,21+,23+;/m0./s1. The largest absolute Gasteiger partial charge is 0.485 e. The molecule has 1 fully saturated rings. The molecule has 1 aliphatic rings. The molecule has 0 heterocycles. The first-order valence-electron chi connectivity index (χ1n) is 12.2. The summed E-state index contributed by atoms with van der Waals surface area (Å²) in [4.78, 5) is 16.2. The third-order valence-corrected chi connectivity index (χ3v) is 7.25. The zero-order valence-electron chi connectivity index (χ0n) is 20.6. The number of halogens is 1. The second-order valence-electron chi connectivity index (χ2n) is 10.1. The summed E-state index contributed by atoms with van der Waals surface area (Å²) in [7, 11) is 0. The van der Waals surface area contributed by atoms with Crippen LogP contribution in [-0.4, -0.2) is 11.8 Å². The predicted octanol–water partition coefficient (Wildman–Crippen LogP) is 8.04. The molecule has 3 aromatic rings. The van der Waals surface area contributed by atoms with Gasteiger partial charge in [0, 0.05) is 0 Å². The average Bonchev–Trinajstić information content (AvgIpc) is 3.29. The third kappa shape index (κ3) is 6.33. The highest BCUT2D eigenvalue weighted by molar-refractivity contribution is 5.86. The van der Waals surface area contributed by atoms with Crippen molar-refractivity contribution in [3.05, 3.63) is 77.6 Å². The minimum atomic E-state index is -0.349. The van der Waals surface area contributed by atoms with E-state index in [1.807, 2.05) is 19.9 Å². The van der Waals surface area contributed by atoms with Crippen molar-refractivity contribution >= 4 is 16.9 Å². The predicted molar refractivity (Wildman–Crippen MR) is 133 cm³/mol. The molecule has 0 saturated heterocycles. The molecular formula is C30H35FO3. The molecule has 0 amide bonds. The number of benzene rings is 3. The van der Waals surface area contributed by atoms with E-state index < -0.39 is 0 Å². The van der Waals surface area contributed by atoms with Crippen molar-refractivity contribution in [2.45, 2.75) is 77.2 Å². The Morgan fingerprint density at radius 3 is 2.47 bits per heavy atom. The van der Waals surface area contributed by atoms with Gasteiger partial charge >= 0.3 is 6.15 Å². The summed E-state index contributed by atoms with van der Waals surface area (Å²) in [6.45, 7) is 8.42. The molecule has 0 radical (unpaired) electrons. The van der Waals surface area contributed by atoms with Gasteiger partial charge in [-0.3, -0.25) is 0 Å². The van der Waals surface area contributed by atoms with Gasteiger partial charge in [-0.25, -0.2) is 4.39 Å². The molecule has 4 heteroatoms. The summed E-state index contributed by atoms with van der Waals surface area (Å²) in [5.41, 5.74) is 2.23. The lowest BCUT2D eigenvalue weighted by Crippen LogP contribution is -2.27. The first kappa shape index (κ1) is 25.6. The number of hydrogen-bond donors (Lipinski definition) is 0. The minimum Gasteiger partial charge on any atom is -0.485 e. The van der Waals surface area contributed by atoms with Gasteiger partial charge in [-0.05, 0) is 97.7 Å². The van der Waals surface area contributed by atoms with Crippen LogP contribution in [-0.2, 0) is 9.59 Å². The van der Waals surface area contributed by atoms with E-state index >= 15 is 0 Å². The topological polar surface area (TPSA) is 43.4 Å². The Balaban J connectivity index is 0.00000103. The fourth-order valence-corrected chi connectivity index (χ4v) is 5.12. The van der Waals surface area contributed by atoms with Gasteiger partial charge in [0.25, 0.3) is 0 Å². The quantitative estimate of drug-likeness (QED) is 0.357. The summed E-state index contributed by atoms with van der Waals surface area (Å²) in [6.07, 6.45) is 5.80. The summed E-state index contributed by atoms with van der Waals surface area (Å²) in [5, 5.41) is 2.69. The molecular weight excluding hydrogens is 427 g/mol. The van der Waals surface area contributed by atoms with E-state index in [-0.39, 0.29) is 17.6 Å². The molecule has 0 aliphatic heterocycles. The normalized spacial score (nSPS) is 18.6. The van der Waals surface area contributed by atoms with Gasteiger partial charge in [0.1, 0.15) is 5.60 Å². The number of carbonyl (C=O) groups excluding carboxylic acids is 2. The van der Waals surface area contributed by atoms with Gasteiger partial charge in [0.15, 0.2) is 11.6 Å². The Morgan fingerprint density at radius 2 is 1.76 bits per heavy atom. The average molecular weight is 463 g/mol. The molecule has 0 bridgehead atoms. The van der Waals surface area contributed by atoms with Crippen molar-refractivity contribution in [3.63, 3.8) is 0 Å². The Labute approximate surface area is 202 Å². The highest BCUT2D eigenvalue weighted by atomic mass is 19.1. The Hall–Kier alpha value is -2.97. The van der Waals surface area contributed by atoms with Crippen molar-refractivity contribution < 1.29 is 18.7 Å². The number of ether oxygens (including phenoxy) is 1. The van der Waals surface area contributed by atoms with Crippen LogP contribution in [0.3, 0.4) is 0 Å². The van der Waals surface area contributed by atoms with Crippen molar-refractivity contribution in [3.8, 4) is 5.75 Å². The summed E-state index contributed by atoms with van der Waals surface area (Å²) in [5.74, 6) is 1.81. The zero-order chi connectivity index (χ0) is 24.7. The second kappa shape index (κ2) is 11.4.